The molecule has 0 aliphatic heterocycles. The Hall–Kier alpha value is -1.03. The van der Waals surface area contributed by atoms with Gasteiger partial charge in [0.25, 0.3) is 0 Å². The monoisotopic (exact) mass is 294 g/mol. The van der Waals surface area contributed by atoms with Gasteiger partial charge >= 0.3 is 0 Å². The molecular formula is C16H26N2OS. The van der Waals surface area contributed by atoms with Gasteiger partial charge in [0, 0.05) is 18.0 Å². The lowest BCUT2D eigenvalue weighted by molar-refractivity contribution is 0.0944. The third-order valence-corrected chi connectivity index (χ3v) is 4.98. The number of thiophene rings is 1. The summed E-state index contributed by atoms with van der Waals surface area (Å²) in [6.45, 7) is 7.06. The number of anilines is 2. The molecule has 3 N–H and O–H groups in total. The number of carbonyl (C=O) groups excluding carboxylic acids is 1. The summed E-state index contributed by atoms with van der Waals surface area (Å²) in [7, 11) is 0. The molecule has 0 saturated heterocycles. The maximum Gasteiger partial charge on any atom is 0.177 e. The molecule has 1 fully saturated rings. The summed E-state index contributed by atoms with van der Waals surface area (Å²) in [4.78, 5) is 13.0. The summed E-state index contributed by atoms with van der Waals surface area (Å²) in [6.07, 6.45) is 6.05. The summed E-state index contributed by atoms with van der Waals surface area (Å²) < 4.78 is 0. The fraction of sp³-hybridized carbons (Fsp3) is 0.688. The van der Waals surface area contributed by atoms with E-state index in [-0.39, 0.29) is 11.7 Å². The normalized spacial score (nSPS) is 14.8. The van der Waals surface area contributed by atoms with Crippen LogP contribution in [0.1, 0.15) is 74.0 Å². The molecule has 0 aromatic carbocycles. The average Bonchev–Trinajstić information content (AvgIpc) is 3.19. The van der Waals surface area contributed by atoms with E-state index in [1.54, 1.807) is 11.3 Å². The molecule has 1 aliphatic rings. The van der Waals surface area contributed by atoms with E-state index in [1.165, 1.54) is 37.7 Å². The Morgan fingerprint density at radius 1 is 1.40 bits per heavy atom. The molecule has 3 nitrogen and oxygen atoms in total. The molecule has 1 saturated carbocycles. The SMILES string of the molecule is CCCCCNc1sc(C(=O)C(C)C)c(N)c1C1CC1. The summed E-state index contributed by atoms with van der Waals surface area (Å²) in [5.74, 6) is 0.764. The van der Waals surface area contributed by atoms with E-state index in [4.69, 9.17) is 5.73 Å². The van der Waals surface area contributed by atoms with E-state index in [1.807, 2.05) is 13.8 Å². The Morgan fingerprint density at radius 3 is 2.65 bits per heavy atom. The van der Waals surface area contributed by atoms with Crippen molar-refractivity contribution in [1.29, 1.82) is 0 Å². The number of hydrogen-bond donors (Lipinski definition) is 2. The molecule has 0 bridgehead atoms. The van der Waals surface area contributed by atoms with Gasteiger partial charge in [0.05, 0.1) is 15.6 Å². The Morgan fingerprint density at radius 2 is 2.10 bits per heavy atom. The van der Waals surface area contributed by atoms with Crippen molar-refractivity contribution in [2.45, 2.75) is 58.8 Å². The van der Waals surface area contributed by atoms with Crippen LogP contribution in [0.25, 0.3) is 0 Å². The Labute approximate surface area is 125 Å². The molecule has 0 atom stereocenters. The molecule has 0 spiro atoms. The predicted molar refractivity (Wildman–Crippen MR) is 87.9 cm³/mol. The van der Waals surface area contributed by atoms with Crippen molar-refractivity contribution in [2.75, 3.05) is 17.6 Å². The number of unbranched alkanes of at least 4 members (excludes halogenated alkanes) is 2. The maximum absolute atomic E-state index is 12.3. The summed E-state index contributed by atoms with van der Waals surface area (Å²) in [5.41, 5.74) is 8.23. The first-order chi connectivity index (χ1) is 9.56. The van der Waals surface area contributed by atoms with Crippen LogP contribution in [0.4, 0.5) is 10.7 Å². The van der Waals surface area contributed by atoms with Crippen LogP contribution in [0, 0.1) is 5.92 Å². The minimum atomic E-state index is 0.0101. The fourth-order valence-corrected chi connectivity index (χ4v) is 3.71. The standard InChI is InChI=1S/C16H26N2OS/c1-4-5-6-9-18-16-12(11-7-8-11)13(17)15(20-16)14(19)10(2)3/h10-11,18H,4-9,17H2,1-3H3. The van der Waals surface area contributed by atoms with E-state index in [2.05, 4.69) is 12.2 Å². The van der Waals surface area contributed by atoms with Gasteiger partial charge in [-0.25, -0.2) is 0 Å². The number of nitrogen functional groups attached to an aromatic ring is 1. The van der Waals surface area contributed by atoms with Crippen molar-refractivity contribution in [1.82, 2.24) is 0 Å². The Kier molecular flexibility index (Phi) is 5.08. The molecule has 1 aromatic rings. The van der Waals surface area contributed by atoms with Crippen LogP contribution in [-0.2, 0) is 0 Å². The van der Waals surface area contributed by atoms with Gasteiger partial charge in [-0.1, -0.05) is 33.6 Å². The summed E-state index contributed by atoms with van der Waals surface area (Å²) in [6, 6.07) is 0. The van der Waals surface area contributed by atoms with Gasteiger partial charge in [-0.15, -0.1) is 11.3 Å². The summed E-state index contributed by atoms with van der Waals surface area (Å²) >= 11 is 1.56. The smallest absolute Gasteiger partial charge is 0.177 e. The highest BCUT2D eigenvalue weighted by Gasteiger charge is 2.33. The zero-order valence-corrected chi connectivity index (χ0v) is 13.6. The Balaban J connectivity index is 2.17. The zero-order chi connectivity index (χ0) is 14.7. The molecule has 1 heterocycles. The third kappa shape index (κ3) is 3.35. The van der Waals surface area contributed by atoms with Crippen molar-refractivity contribution < 1.29 is 4.79 Å². The molecule has 1 aromatic heterocycles. The molecule has 20 heavy (non-hydrogen) atoms. The van der Waals surface area contributed by atoms with Crippen LogP contribution in [0.5, 0.6) is 0 Å². The van der Waals surface area contributed by atoms with Gasteiger partial charge in [-0.05, 0) is 25.2 Å². The molecule has 2 rings (SSSR count). The van der Waals surface area contributed by atoms with Crippen molar-refractivity contribution in [3.05, 3.63) is 10.4 Å². The topological polar surface area (TPSA) is 55.1 Å². The van der Waals surface area contributed by atoms with Crippen LogP contribution in [0.2, 0.25) is 0 Å². The lowest BCUT2D eigenvalue weighted by Crippen LogP contribution is -2.08. The lowest BCUT2D eigenvalue weighted by Gasteiger charge is -2.06. The van der Waals surface area contributed by atoms with Crippen molar-refractivity contribution >= 4 is 27.8 Å². The highest BCUT2D eigenvalue weighted by Crippen LogP contribution is 2.51. The van der Waals surface area contributed by atoms with E-state index >= 15 is 0 Å². The number of nitrogens with two attached hydrogens (primary N) is 1. The molecular weight excluding hydrogens is 268 g/mol. The van der Waals surface area contributed by atoms with Gasteiger partial charge in [-0.3, -0.25) is 4.79 Å². The van der Waals surface area contributed by atoms with Gasteiger partial charge in [-0.2, -0.15) is 0 Å². The van der Waals surface area contributed by atoms with Crippen LogP contribution < -0.4 is 11.1 Å². The second-order valence-corrected chi connectivity index (χ2v) is 7.04. The van der Waals surface area contributed by atoms with E-state index in [0.29, 0.717) is 5.92 Å². The van der Waals surface area contributed by atoms with E-state index < -0.39 is 0 Å². The van der Waals surface area contributed by atoms with Gasteiger partial charge in [0.1, 0.15) is 0 Å². The van der Waals surface area contributed by atoms with E-state index in [0.717, 1.165) is 22.1 Å². The van der Waals surface area contributed by atoms with E-state index in [9.17, 15) is 4.79 Å². The second-order valence-electron chi connectivity index (χ2n) is 6.01. The van der Waals surface area contributed by atoms with Crippen molar-refractivity contribution in [3.8, 4) is 0 Å². The molecule has 0 radical (unpaired) electrons. The van der Waals surface area contributed by atoms with Gasteiger partial charge in [0.15, 0.2) is 5.78 Å². The van der Waals surface area contributed by atoms with Crippen LogP contribution in [0.15, 0.2) is 0 Å². The predicted octanol–water partition coefficient (Wildman–Crippen LogP) is 4.65. The van der Waals surface area contributed by atoms with Crippen LogP contribution in [-0.4, -0.2) is 12.3 Å². The van der Waals surface area contributed by atoms with Crippen molar-refractivity contribution in [2.24, 2.45) is 5.92 Å². The first-order valence-electron chi connectivity index (χ1n) is 7.76. The third-order valence-electron chi connectivity index (χ3n) is 3.78. The number of Topliss-reactive ketones (excluding diaryl/α,β-unsaturated/α-hetero) is 1. The second kappa shape index (κ2) is 6.61. The lowest BCUT2D eigenvalue weighted by atomic mass is 10.0. The maximum atomic E-state index is 12.3. The zero-order valence-electron chi connectivity index (χ0n) is 12.8. The molecule has 112 valence electrons. The van der Waals surface area contributed by atoms with Gasteiger partial charge < -0.3 is 11.1 Å². The number of rotatable bonds is 8. The number of hydrogen-bond acceptors (Lipinski definition) is 4. The largest absolute Gasteiger partial charge is 0.397 e. The number of nitrogens with one attached hydrogen (secondary N) is 1. The number of carbonyl (C=O) groups is 1. The molecule has 0 unspecified atom stereocenters. The number of ketones is 1. The highest BCUT2D eigenvalue weighted by atomic mass is 32.1. The highest BCUT2D eigenvalue weighted by molar-refractivity contribution is 7.18. The first kappa shape index (κ1) is 15.4. The molecule has 4 heteroatoms. The molecule has 0 amide bonds. The average molecular weight is 294 g/mol. The first-order valence-corrected chi connectivity index (χ1v) is 8.58. The fourth-order valence-electron chi connectivity index (χ4n) is 2.39. The van der Waals surface area contributed by atoms with Gasteiger partial charge in [0.2, 0.25) is 0 Å². The summed E-state index contributed by atoms with van der Waals surface area (Å²) in [5, 5.41) is 4.65. The quantitative estimate of drug-likeness (QED) is 0.542. The van der Waals surface area contributed by atoms with Crippen LogP contribution >= 0.6 is 11.3 Å². The Bertz CT molecular complexity index is 475. The minimum absolute atomic E-state index is 0.0101. The molecule has 1 aliphatic carbocycles. The minimum Gasteiger partial charge on any atom is -0.397 e. The van der Waals surface area contributed by atoms with Crippen molar-refractivity contribution in [3.63, 3.8) is 0 Å². The van der Waals surface area contributed by atoms with Crippen LogP contribution in [0.3, 0.4) is 0 Å².